The zero-order chi connectivity index (χ0) is 12.3. The van der Waals surface area contributed by atoms with Crippen LogP contribution in [0.25, 0.3) is 0 Å². The number of aromatic nitrogens is 1. The van der Waals surface area contributed by atoms with Crippen LogP contribution >= 0.6 is 15.9 Å². The molecule has 0 aliphatic carbocycles. The minimum Gasteiger partial charge on any atom is -0.469 e. The molecule has 1 aromatic rings. The Morgan fingerprint density at radius 1 is 1.69 bits per heavy atom. The van der Waals surface area contributed by atoms with Crippen molar-refractivity contribution in [3.8, 4) is 0 Å². The summed E-state index contributed by atoms with van der Waals surface area (Å²) in [5, 5.41) is 0. The number of hydrogen-bond donors (Lipinski definition) is 1. The van der Waals surface area contributed by atoms with Gasteiger partial charge in [-0.1, -0.05) is 0 Å². The highest BCUT2D eigenvalue weighted by atomic mass is 79.9. The van der Waals surface area contributed by atoms with Crippen LogP contribution in [-0.2, 0) is 16.0 Å². The summed E-state index contributed by atoms with van der Waals surface area (Å²) < 4.78 is 30.1. The van der Waals surface area contributed by atoms with Crippen molar-refractivity contribution in [1.29, 1.82) is 0 Å². The van der Waals surface area contributed by atoms with Crippen molar-refractivity contribution in [3.63, 3.8) is 0 Å². The average Bonchev–Trinajstić information content (AvgIpc) is 2.15. The van der Waals surface area contributed by atoms with Crippen molar-refractivity contribution in [2.45, 2.75) is 12.8 Å². The molecule has 0 saturated carbocycles. The first-order valence-electron chi connectivity index (χ1n) is 4.25. The molecular weight excluding hydrogens is 286 g/mol. The lowest BCUT2D eigenvalue weighted by molar-refractivity contribution is -0.139. The molecule has 0 amide bonds. The van der Waals surface area contributed by atoms with Crippen molar-refractivity contribution in [1.82, 2.24) is 4.98 Å². The second kappa shape index (κ2) is 5.20. The van der Waals surface area contributed by atoms with E-state index in [-0.39, 0.29) is 17.8 Å². The minimum atomic E-state index is -2.78. The predicted octanol–water partition coefficient (Wildman–Crippen LogP) is 2.08. The summed E-state index contributed by atoms with van der Waals surface area (Å²) in [7, 11) is 1.18. The number of methoxy groups -OCH3 is 1. The number of ether oxygens (including phenoxy) is 1. The lowest BCUT2D eigenvalue weighted by Crippen LogP contribution is -2.10. The van der Waals surface area contributed by atoms with Gasteiger partial charge in [0.2, 0.25) is 0 Å². The first-order valence-corrected chi connectivity index (χ1v) is 5.04. The SMILES string of the molecule is COC(=O)Cc1cc(Br)nc(N)c1C(F)F. The minimum absolute atomic E-state index is 0.112. The lowest BCUT2D eigenvalue weighted by Gasteiger charge is -2.10. The number of halogens is 3. The highest BCUT2D eigenvalue weighted by Gasteiger charge is 2.20. The van der Waals surface area contributed by atoms with Crippen LogP contribution in [-0.4, -0.2) is 18.1 Å². The molecule has 1 rings (SSSR count). The van der Waals surface area contributed by atoms with E-state index >= 15 is 0 Å². The van der Waals surface area contributed by atoms with Crippen molar-refractivity contribution < 1.29 is 18.3 Å². The monoisotopic (exact) mass is 294 g/mol. The van der Waals surface area contributed by atoms with Crippen LogP contribution in [0.3, 0.4) is 0 Å². The maximum absolute atomic E-state index is 12.7. The Bertz CT molecular complexity index is 413. The number of nitrogens with zero attached hydrogens (tertiary/aromatic N) is 1. The summed E-state index contributed by atoms with van der Waals surface area (Å²) in [6, 6.07) is 1.33. The third kappa shape index (κ3) is 2.88. The fraction of sp³-hybridized carbons (Fsp3) is 0.333. The van der Waals surface area contributed by atoms with Gasteiger partial charge in [0.05, 0.1) is 19.1 Å². The number of alkyl halides is 2. The molecule has 88 valence electrons. The summed E-state index contributed by atoms with van der Waals surface area (Å²) in [6.07, 6.45) is -3.04. The first-order chi connectivity index (χ1) is 7.45. The molecule has 0 saturated heterocycles. The van der Waals surface area contributed by atoms with Gasteiger partial charge in [0, 0.05) is 0 Å². The average molecular weight is 295 g/mol. The van der Waals surface area contributed by atoms with Gasteiger partial charge in [-0.05, 0) is 27.6 Å². The highest BCUT2D eigenvalue weighted by Crippen LogP contribution is 2.29. The van der Waals surface area contributed by atoms with Crippen molar-refractivity contribution >= 4 is 27.7 Å². The van der Waals surface area contributed by atoms with Crippen LogP contribution in [0.1, 0.15) is 17.6 Å². The Hall–Kier alpha value is -1.24. The molecule has 16 heavy (non-hydrogen) atoms. The summed E-state index contributed by atoms with van der Waals surface area (Å²) in [5.74, 6) is -0.900. The van der Waals surface area contributed by atoms with E-state index in [0.29, 0.717) is 4.60 Å². The van der Waals surface area contributed by atoms with E-state index in [1.54, 1.807) is 0 Å². The quantitative estimate of drug-likeness (QED) is 0.685. The van der Waals surface area contributed by atoms with E-state index in [1.165, 1.54) is 13.2 Å². The number of carbonyl (C=O) groups is 1. The summed E-state index contributed by atoms with van der Waals surface area (Å²) in [4.78, 5) is 14.7. The van der Waals surface area contributed by atoms with E-state index in [1.807, 2.05) is 0 Å². The second-order valence-electron chi connectivity index (χ2n) is 2.96. The van der Waals surface area contributed by atoms with Gasteiger partial charge in [0.25, 0.3) is 6.43 Å². The molecule has 4 nitrogen and oxygen atoms in total. The molecule has 0 spiro atoms. The number of rotatable bonds is 3. The van der Waals surface area contributed by atoms with E-state index in [2.05, 4.69) is 25.7 Å². The maximum Gasteiger partial charge on any atom is 0.309 e. The molecule has 1 aromatic heterocycles. The number of carbonyl (C=O) groups excluding carboxylic acids is 1. The number of esters is 1. The zero-order valence-electron chi connectivity index (χ0n) is 8.34. The summed E-state index contributed by atoms with van der Waals surface area (Å²) >= 11 is 3.02. The summed E-state index contributed by atoms with van der Waals surface area (Å²) in [5.41, 5.74) is 5.06. The standard InChI is InChI=1S/C9H9BrF2N2O2/c1-16-6(15)3-4-2-5(10)14-9(13)7(4)8(11)12/h2,8H,3H2,1H3,(H2,13,14). The smallest absolute Gasteiger partial charge is 0.309 e. The summed E-state index contributed by atoms with van der Waals surface area (Å²) in [6.45, 7) is 0. The van der Waals surface area contributed by atoms with E-state index in [9.17, 15) is 13.6 Å². The third-order valence-electron chi connectivity index (χ3n) is 1.92. The van der Waals surface area contributed by atoms with Gasteiger partial charge in [-0.25, -0.2) is 13.8 Å². The zero-order valence-corrected chi connectivity index (χ0v) is 9.92. The van der Waals surface area contributed by atoms with Crippen molar-refractivity contribution in [3.05, 3.63) is 21.8 Å². The van der Waals surface area contributed by atoms with Gasteiger partial charge in [0.15, 0.2) is 0 Å². The number of nitrogens with two attached hydrogens (primary N) is 1. The second-order valence-corrected chi connectivity index (χ2v) is 3.77. The normalized spacial score (nSPS) is 10.6. The van der Waals surface area contributed by atoms with Gasteiger partial charge in [-0.15, -0.1) is 0 Å². The lowest BCUT2D eigenvalue weighted by atomic mass is 10.1. The predicted molar refractivity (Wildman–Crippen MR) is 57.0 cm³/mol. The van der Waals surface area contributed by atoms with Crippen LogP contribution in [0.15, 0.2) is 10.7 Å². The molecule has 7 heteroatoms. The van der Waals surface area contributed by atoms with Crippen LogP contribution in [0, 0.1) is 0 Å². The number of hydrogen-bond acceptors (Lipinski definition) is 4. The molecule has 0 fully saturated rings. The van der Waals surface area contributed by atoms with Crippen LogP contribution in [0.2, 0.25) is 0 Å². The Kier molecular flexibility index (Phi) is 4.17. The molecule has 2 N–H and O–H groups in total. The number of pyridine rings is 1. The van der Waals surface area contributed by atoms with Gasteiger partial charge in [-0.2, -0.15) is 0 Å². The molecule has 0 unspecified atom stereocenters. The van der Waals surface area contributed by atoms with Crippen molar-refractivity contribution in [2.24, 2.45) is 0 Å². The Morgan fingerprint density at radius 2 is 2.31 bits per heavy atom. The molecule has 1 heterocycles. The van der Waals surface area contributed by atoms with Crippen LogP contribution in [0.5, 0.6) is 0 Å². The first kappa shape index (κ1) is 12.8. The molecule has 0 aliphatic heterocycles. The molecule has 0 aliphatic rings. The fourth-order valence-corrected chi connectivity index (χ4v) is 1.69. The molecule has 0 bridgehead atoms. The van der Waals surface area contributed by atoms with Crippen molar-refractivity contribution in [2.75, 3.05) is 12.8 Å². The van der Waals surface area contributed by atoms with Gasteiger partial charge >= 0.3 is 5.97 Å². The highest BCUT2D eigenvalue weighted by molar-refractivity contribution is 9.10. The topological polar surface area (TPSA) is 65.2 Å². The van der Waals surface area contributed by atoms with Crippen LogP contribution < -0.4 is 5.73 Å². The van der Waals surface area contributed by atoms with E-state index in [0.717, 1.165) is 0 Å². The Balaban J connectivity index is 3.18. The largest absolute Gasteiger partial charge is 0.469 e. The van der Waals surface area contributed by atoms with Gasteiger partial charge < -0.3 is 10.5 Å². The Morgan fingerprint density at radius 3 is 2.81 bits per heavy atom. The molecule has 0 radical (unpaired) electrons. The molecule has 0 atom stereocenters. The van der Waals surface area contributed by atoms with Gasteiger partial charge in [0.1, 0.15) is 10.4 Å². The van der Waals surface area contributed by atoms with E-state index < -0.39 is 18.0 Å². The van der Waals surface area contributed by atoms with Crippen LogP contribution in [0.4, 0.5) is 14.6 Å². The maximum atomic E-state index is 12.7. The number of nitrogen functional groups attached to an aromatic ring is 1. The van der Waals surface area contributed by atoms with Gasteiger partial charge in [-0.3, -0.25) is 4.79 Å². The van der Waals surface area contributed by atoms with E-state index in [4.69, 9.17) is 5.73 Å². The fourth-order valence-electron chi connectivity index (χ4n) is 1.22. The number of anilines is 1. The third-order valence-corrected chi connectivity index (χ3v) is 2.33. The Labute approximate surface area is 98.9 Å². The molecule has 0 aromatic carbocycles. The molecular formula is C9H9BrF2N2O2.